The maximum absolute atomic E-state index is 13.5. The van der Waals surface area contributed by atoms with Gasteiger partial charge in [-0.05, 0) is 63.1 Å². The molecule has 1 N–H and O–H groups in total. The number of hydrogen-bond acceptors (Lipinski definition) is 4. The van der Waals surface area contributed by atoms with Gasteiger partial charge in [0.1, 0.15) is 18.9 Å². The Morgan fingerprint density at radius 3 is 2.27 bits per heavy atom. The predicted molar refractivity (Wildman–Crippen MR) is 131 cm³/mol. The van der Waals surface area contributed by atoms with Gasteiger partial charge in [0.15, 0.2) is 0 Å². The summed E-state index contributed by atoms with van der Waals surface area (Å²) in [5.41, 5.74) is 3.27. The minimum atomic E-state index is -3.94. The lowest BCUT2D eigenvalue weighted by Gasteiger charge is -2.26. The van der Waals surface area contributed by atoms with Crippen molar-refractivity contribution in [2.24, 2.45) is 0 Å². The first kappa shape index (κ1) is 24.3. The Hall–Kier alpha value is -3.32. The number of ether oxygens (including phenoxy) is 1. The summed E-state index contributed by atoms with van der Waals surface area (Å²) < 4.78 is 33.9. The summed E-state index contributed by atoms with van der Waals surface area (Å²) in [4.78, 5) is 13.0. The molecule has 1 atom stereocenters. The van der Waals surface area contributed by atoms with Crippen molar-refractivity contribution in [2.45, 2.75) is 38.6 Å². The number of carbonyl (C=O) groups is 1. The van der Waals surface area contributed by atoms with Crippen LogP contribution in [0.4, 0.5) is 5.69 Å². The zero-order chi connectivity index (χ0) is 24.0. The van der Waals surface area contributed by atoms with Crippen molar-refractivity contribution in [3.05, 3.63) is 89.5 Å². The van der Waals surface area contributed by atoms with E-state index < -0.39 is 15.9 Å². The van der Waals surface area contributed by atoms with Crippen molar-refractivity contribution >= 4 is 21.6 Å². The number of rotatable bonds is 9. The maximum Gasteiger partial charge on any atom is 0.264 e. The number of amides is 1. The number of sulfonamides is 1. The third kappa shape index (κ3) is 6.14. The quantitative estimate of drug-likeness (QED) is 0.507. The molecule has 0 aliphatic rings. The molecule has 0 heterocycles. The van der Waals surface area contributed by atoms with Crippen molar-refractivity contribution < 1.29 is 17.9 Å². The van der Waals surface area contributed by atoms with E-state index in [0.717, 1.165) is 22.4 Å². The molecule has 3 rings (SSSR count). The first-order valence-electron chi connectivity index (χ1n) is 10.8. The Balaban J connectivity index is 1.78. The monoisotopic (exact) mass is 466 g/mol. The van der Waals surface area contributed by atoms with Crippen LogP contribution in [0.25, 0.3) is 0 Å². The largest absolute Gasteiger partial charge is 0.491 e. The van der Waals surface area contributed by atoms with E-state index in [1.165, 1.54) is 16.4 Å². The lowest BCUT2D eigenvalue weighted by molar-refractivity contribution is -0.120. The molecule has 0 radical (unpaired) electrons. The maximum atomic E-state index is 13.5. The van der Waals surface area contributed by atoms with Crippen LogP contribution in [0.2, 0.25) is 0 Å². The first-order chi connectivity index (χ1) is 15.7. The van der Waals surface area contributed by atoms with Crippen LogP contribution in [0, 0.1) is 20.8 Å². The highest BCUT2D eigenvalue weighted by atomic mass is 32.2. The van der Waals surface area contributed by atoms with Gasteiger partial charge in [-0.1, -0.05) is 54.1 Å². The van der Waals surface area contributed by atoms with Crippen molar-refractivity contribution in [1.29, 1.82) is 0 Å². The second-order valence-corrected chi connectivity index (χ2v) is 10.0. The SMILES string of the molecule is Cc1ccc(N(CC(=O)NC(C)COc2ccccc2C)S(=O)(=O)c2ccccc2)c(C)c1. The van der Waals surface area contributed by atoms with E-state index in [0.29, 0.717) is 5.69 Å². The smallest absolute Gasteiger partial charge is 0.264 e. The second kappa shape index (κ2) is 10.5. The summed E-state index contributed by atoms with van der Waals surface area (Å²) >= 11 is 0. The summed E-state index contributed by atoms with van der Waals surface area (Å²) in [6.45, 7) is 7.49. The Labute approximate surface area is 196 Å². The van der Waals surface area contributed by atoms with Gasteiger partial charge in [0.2, 0.25) is 5.91 Å². The fourth-order valence-corrected chi connectivity index (χ4v) is 5.04. The number of anilines is 1. The average molecular weight is 467 g/mol. The molecule has 0 saturated heterocycles. The summed E-state index contributed by atoms with van der Waals surface area (Å²) in [6, 6.07) is 21.0. The molecular formula is C26H30N2O4S. The standard InChI is InChI=1S/C26H30N2O4S/c1-19-14-15-24(21(3)16-19)28(33(30,31)23-11-6-5-7-12-23)17-26(29)27-22(4)18-32-25-13-9-8-10-20(25)2/h5-16,22H,17-18H2,1-4H3,(H,27,29). The highest BCUT2D eigenvalue weighted by Gasteiger charge is 2.28. The molecule has 0 aliphatic heterocycles. The Kier molecular flexibility index (Phi) is 7.76. The van der Waals surface area contributed by atoms with Crippen molar-refractivity contribution in [1.82, 2.24) is 5.32 Å². The van der Waals surface area contributed by atoms with E-state index in [1.807, 2.05) is 64.1 Å². The predicted octanol–water partition coefficient (Wildman–Crippen LogP) is 4.39. The Bertz CT molecular complexity index is 1210. The molecule has 3 aromatic rings. The number of benzene rings is 3. The molecule has 0 fully saturated rings. The molecule has 1 unspecified atom stereocenters. The van der Waals surface area contributed by atoms with Crippen LogP contribution in [0.15, 0.2) is 77.7 Å². The van der Waals surface area contributed by atoms with Crippen LogP contribution in [0.3, 0.4) is 0 Å². The third-order valence-corrected chi connectivity index (χ3v) is 7.00. The van der Waals surface area contributed by atoms with E-state index in [2.05, 4.69) is 5.32 Å². The van der Waals surface area contributed by atoms with Gasteiger partial charge in [0.05, 0.1) is 16.6 Å². The van der Waals surface area contributed by atoms with Crippen LogP contribution in [0.1, 0.15) is 23.6 Å². The van der Waals surface area contributed by atoms with Crippen molar-refractivity contribution in [3.63, 3.8) is 0 Å². The van der Waals surface area contributed by atoms with E-state index in [1.54, 1.807) is 24.3 Å². The molecule has 0 bridgehead atoms. The number of nitrogens with zero attached hydrogens (tertiary/aromatic N) is 1. The fraction of sp³-hybridized carbons (Fsp3) is 0.269. The van der Waals surface area contributed by atoms with Gasteiger partial charge < -0.3 is 10.1 Å². The van der Waals surface area contributed by atoms with Crippen LogP contribution in [0.5, 0.6) is 5.75 Å². The minimum Gasteiger partial charge on any atom is -0.491 e. The Morgan fingerprint density at radius 2 is 1.61 bits per heavy atom. The Morgan fingerprint density at radius 1 is 0.939 bits per heavy atom. The van der Waals surface area contributed by atoms with Gasteiger partial charge in [0, 0.05) is 0 Å². The number of aryl methyl sites for hydroxylation is 3. The summed E-state index contributed by atoms with van der Waals surface area (Å²) in [5, 5.41) is 2.85. The zero-order valence-electron chi connectivity index (χ0n) is 19.4. The molecule has 33 heavy (non-hydrogen) atoms. The number of hydrogen-bond donors (Lipinski definition) is 1. The molecule has 0 saturated carbocycles. The summed E-state index contributed by atoms with van der Waals surface area (Å²) in [6.07, 6.45) is 0. The molecule has 6 nitrogen and oxygen atoms in total. The van der Waals surface area contributed by atoms with E-state index in [-0.39, 0.29) is 24.1 Å². The molecular weight excluding hydrogens is 436 g/mol. The van der Waals surface area contributed by atoms with Gasteiger partial charge in [-0.3, -0.25) is 9.10 Å². The van der Waals surface area contributed by atoms with Gasteiger partial charge in [-0.25, -0.2) is 8.42 Å². The van der Waals surface area contributed by atoms with Crippen LogP contribution < -0.4 is 14.4 Å². The molecule has 174 valence electrons. The topological polar surface area (TPSA) is 75.7 Å². The van der Waals surface area contributed by atoms with Gasteiger partial charge in [0.25, 0.3) is 10.0 Å². The zero-order valence-corrected chi connectivity index (χ0v) is 20.2. The molecule has 0 spiro atoms. The van der Waals surface area contributed by atoms with E-state index in [9.17, 15) is 13.2 Å². The number of para-hydroxylation sites is 1. The van der Waals surface area contributed by atoms with Gasteiger partial charge in [-0.2, -0.15) is 0 Å². The fourth-order valence-electron chi connectivity index (χ4n) is 3.53. The number of carbonyl (C=O) groups excluding carboxylic acids is 1. The van der Waals surface area contributed by atoms with E-state index in [4.69, 9.17) is 4.74 Å². The molecule has 1 amide bonds. The lowest BCUT2D eigenvalue weighted by Crippen LogP contribution is -2.45. The first-order valence-corrected chi connectivity index (χ1v) is 12.3. The van der Waals surface area contributed by atoms with Gasteiger partial charge >= 0.3 is 0 Å². The highest BCUT2D eigenvalue weighted by molar-refractivity contribution is 7.92. The van der Waals surface area contributed by atoms with Crippen molar-refractivity contribution in [2.75, 3.05) is 17.5 Å². The van der Waals surface area contributed by atoms with Crippen LogP contribution in [-0.4, -0.2) is 33.5 Å². The second-order valence-electron chi connectivity index (χ2n) is 8.16. The molecule has 0 aromatic heterocycles. The van der Waals surface area contributed by atoms with Crippen LogP contribution in [-0.2, 0) is 14.8 Å². The van der Waals surface area contributed by atoms with Gasteiger partial charge in [-0.15, -0.1) is 0 Å². The average Bonchev–Trinajstić information content (AvgIpc) is 2.78. The highest BCUT2D eigenvalue weighted by Crippen LogP contribution is 2.27. The minimum absolute atomic E-state index is 0.133. The van der Waals surface area contributed by atoms with E-state index >= 15 is 0 Å². The molecule has 0 aliphatic carbocycles. The molecule has 3 aromatic carbocycles. The molecule has 7 heteroatoms. The lowest BCUT2D eigenvalue weighted by atomic mass is 10.1. The third-order valence-electron chi connectivity index (χ3n) is 5.23. The van der Waals surface area contributed by atoms with Crippen molar-refractivity contribution in [3.8, 4) is 5.75 Å². The summed E-state index contributed by atoms with van der Waals surface area (Å²) in [7, 11) is -3.94. The summed E-state index contributed by atoms with van der Waals surface area (Å²) in [5.74, 6) is 0.345. The van der Waals surface area contributed by atoms with Crippen LogP contribution >= 0.6 is 0 Å². The number of nitrogens with one attached hydrogen (secondary N) is 1. The normalized spacial score (nSPS) is 12.1.